The molecule has 8 nitrogen and oxygen atoms in total. The fourth-order valence-corrected chi connectivity index (χ4v) is 4.78. The minimum Gasteiger partial charge on any atom is -0.368 e. The van der Waals surface area contributed by atoms with E-state index in [1.54, 1.807) is 12.3 Å². The summed E-state index contributed by atoms with van der Waals surface area (Å²) in [5.41, 5.74) is 1.16. The molecule has 1 saturated carbocycles. The molecule has 4 rings (SSSR count). The predicted molar refractivity (Wildman–Crippen MR) is 131 cm³/mol. The van der Waals surface area contributed by atoms with Crippen LogP contribution in [0.4, 0.5) is 17.5 Å². The SMILES string of the molecule is N#CCNC(=O)[C@@H](Nc1ccnc(N2CCN(c3ccc(Cl)cc3)CC2)n1)C1CCCCC1. The van der Waals surface area contributed by atoms with Gasteiger partial charge in [-0.2, -0.15) is 10.2 Å². The van der Waals surface area contributed by atoms with Gasteiger partial charge < -0.3 is 20.4 Å². The normalized spacial score (nSPS) is 17.8. The van der Waals surface area contributed by atoms with Gasteiger partial charge in [0, 0.05) is 43.1 Å². The maximum Gasteiger partial charge on any atom is 0.243 e. The number of nitrogens with one attached hydrogen (secondary N) is 2. The summed E-state index contributed by atoms with van der Waals surface area (Å²) in [5.74, 6) is 1.40. The van der Waals surface area contributed by atoms with Crippen molar-refractivity contribution in [2.75, 3.05) is 47.8 Å². The summed E-state index contributed by atoms with van der Waals surface area (Å²) in [6, 6.07) is 11.3. The molecule has 1 aromatic carbocycles. The van der Waals surface area contributed by atoms with E-state index in [2.05, 4.69) is 25.4 Å². The highest BCUT2D eigenvalue weighted by Crippen LogP contribution is 2.28. The van der Waals surface area contributed by atoms with Gasteiger partial charge in [0.15, 0.2) is 0 Å². The fraction of sp³-hybridized carbons (Fsp3) is 0.500. The number of hydrogen-bond acceptors (Lipinski definition) is 7. The van der Waals surface area contributed by atoms with Crippen molar-refractivity contribution in [1.82, 2.24) is 15.3 Å². The first kappa shape index (κ1) is 23.1. The van der Waals surface area contributed by atoms with E-state index in [4.69, 9.17) is 21.8 Å². The summed E-state index contributed by atoms with van der Waals surface area (Å²) < 4.78 is 0. The van der Waals surface area contributed by atoms with Crippen LogP contribution in [0.2, 0.25) is 5.02 Å². The van der Waals surface area contributed by atoms with Crippen LogP contribution in [0, 0.1) is 17.2 Å². The number of hydrogen-bond donors (Lipinski definition) is 2. The van der Waals surface area contributed by atoms with Gasteiger partial charge in [0.1, 0.15) is 18.4 Å². The van der Waals surface area contributed by atoms with Gasteiger partial charge >= 0.3 is 0 Å². The lowest BCUT2D eigenvalue weighted by molar-refractivity contribution is -0.122. The van der Waals surface area contributed by atoms with Gasteiger partial charge in [-0.25, -0.2) is 4.98 Å². The third kappa shape index (κ3) is 6.05. The third-order valence-electron chi connectivity index (χ3n) is 6.45. The van der Waals surface area contributed by atoms with Gasteiger partial charge in [0.05, 0.1) is 6.07 Å². The largest absolute Gasteiger partial charge is 0.368 e. The first-order valence-electron chi connectivity index (χ1n) is 11.6. The second kappa shape index (κ2) is 11.2. The molecule has 2 heterocycles. The zero-order valence-corrected chi connectivity index (χ0v) is 19.5. The molecule has 2 aliphatic rings. The number of amides is 1. The fourth-order valence-electron chi connectivity index (χ4n) is 4.66. The maximum absolute atomic E-state index is 12.8. The van der Waals surface area contributed by atoms with Crippen molar-refractivity contribution in [2.24, 2.45) is 5.92 Å². The Bertz CT molecular complexity index is 964. The van der Waals surface area contributed by atoms with Gasteiger partial charge in [-0.1, -0.05) is 30.9 Å². The molecule has 1 saturated heterocycles. The van der Waals surface area contributed by atoms with E-state index < -0.39 is 6.04 Å². The molecule has 1 atom stereocenters. The van der Waals surface area contributed by atoms with Crippen LogP contribution in [0.25, 0.3) is 0 Å². The van der Waals surface area contributed by atoms with E-state index in [1.165, 1.54) is 6.42 Å². The number of carbonyl (C=O) groups excluding carboxylic acids is 1. The van der Waals surface area contributed by atoms with Gasteiger partial charge in [0.25, 0.3) is 0 Å². The number of benzene rings is 1. The first-order chi connectivity index (χ1) is 16.1. The summed E-state index contributed by atoms with van der Waals surface area (Å²) in [6.07, 6.45) is 7.21. The van der Waals surface area contributed by atoms with Crippen molar-refractivity contribution < 1.29 is 4.79 Å². The average molecular weight is 468 g/mol. The molecule has 0 spiro atoms. The number of carbonyl (C=O) groups is 1. The Labute approximate surface area is 200 Å². The van der Waals surface area contributed by atoms with Crippen LogP contribution in [0.15, 0.2) is 36.5 Å². The van der Waals surface area contributed by atoms with Crippen LogP contribution >= 0.6 is 11.6 Å². The lowest BCUT2D eigenvalue weighted by Crippen LogP contribution is -2.47. The van der Waals surface area contributed by atoms with Gasteiger partial charge in [-0.15, -0.1) is 0 Å². The monoisotopic (exact) mass is 467 g/mol. The van der Waals surface area contributed by atoms with Crippen molar-refractivity contribution in [1.29, 1.82) is 5.26 Å². The quantitative estimate of drug-likeness (QED) is 0.602. The number of nitriles is 1. The van der Waals surface area contributed by atoms with Crippen LogP contribution in [-0.4, -0.2) is 54.6 Å². The molecule has 1 aliphatic carbocycles. The number of rotatable bonds is 7. The topological polar surface area (TPSA) is 97.2 Å². The van der Waals surface area contributed by atoms with E-state index >= 15 is 0 Å². The van der Waals surface area contributed by atoms with E-state index in [0.29, 0.717) is 11.8 Å². The molecular weight excluding hydrogens is 438 g/mol. The molecular formula is C24H30ClN7O. The predicted octanol–water partition coefficient (Wildman–Crippen LogP) is 3.46. The second-order valence-corrected chi connectivity index (χ2v) is 9.02. The molecule has 9 heteroatoms. The van der Waals surface area contributed by atoms with Crippen LogP contribution in [-0.2, 0) is 4.79 Å². The molecule has 2 fully saturated rings. The lowest BCUT2D eigenvalue weighted by Gasteiger charge is -2.36. The molecule has 1 amide bonds. The molecule has 174 valence electrons. The van der Waals surface area contributed by atoms with Crippen molar-refractivity contribution in [2.45, 2.75) is 38.1 Å². The Balaban J connectivity index is 1.41. The Kier molecular flexibility index (Phi) is 7.84. The molecule has 0 radical (unpaired) electrons. The maximum atomic E-state index is 12.8. The summed E-state index contributed by atoms with van der Waals surface area (Å²) in [6.45, 7) is 3.35. The second-order valence-electron chi connectivity index (χ2n) is 8.59. The van der Waals surface area contributed by atoms with E-state index in [0.717, 1.165) is 62.6 Å². The lowest BCUT2D eigenvalue weighted by atomic mass is 9.83. The number of halogens is 1. The van der Waals surface area contributed by atoms with Gasteiger partial charge in [-0.05, 0) is 49.1 Å². The average Bonchev–Trinajstić information content (AvgIpc) is 2.87. The minimum atomic E-state index is -0.400. The Morgan fingerprint density at radius 1 is 1.09 bits per heavy atom. The standard InChI is InChI=1S/C24H30ClN7O/c25-19-6-8-20(9-7-19)31-14-16-32(17-15-31)24-28-12-10-21(30-24)29-22(23(33)27-13-11-26)18-4-2-1-3-5-18/h6-10,12,18,22H,1-5,13-17H2,(H,27,33)(H,28,29,30)/t22-/m0/s1. The van der Waals surface area contributed by atoms with E-state index in [9.17, 15) is 4.79 Å². The van der Waals surface area contributed by atoms with Crippen LogP contribution < -0.4 is 20.4 Å². The summed E-state index contributed by atoms with van der Waals surface area (Å²) in [5, 5.41) is 15.7. The molecule has 0 bridgehead atoms. The third-order valence-corrected chi connectivity index (χ3v) is 6.70. The number of nitrogens with zero attached hydrogens (tertiary/aromatic N) is 5. The number of piperazine rings is 1. The molecule has 1 aromatic heterocycles. The van der Waals surface area contributed by atoms with Crippen molar-refractivity contribution >= 4 is 35.0 Å². The zero-order chi connectivity index (χ0) is 23.0. The Morgan fingerprint density at radius 2 is 1.79 bits per heavy atom. The summed E-state index contributed by atoms with van der Waals surface area (Å²) in [4.78, 5) is 26.5. The summed E-state index contributed by atoms with van der Waals surface area (Å²) >= 11 is 6.01. The molecule has 33 heavy (non-hydrogen) atoms. The highest BCUT2D eigenvalue weighted by Gasteiger charge is 2.30. The molecule has 2 N–H and O–H groups in total. The van der Waals surface area contributed by atoms with Crippen molar-refractivity contribution in [3.8, 4) is 6.07 Å². The van der Waals surface area contributed by atoms with Crippen LogP contribution in [0.3, 0.4) is 0 Å². The Morgan fingerprint density at radius 3 is 2.48 bits per heavy atom. The van der Waals surface area contributed by atoms with Gasteiger partial charge in [0.2, 0.25) is 11.9 Å². The van der Waals surface area contributed by atoms with Crippen LogP contribution in [0.5, 0.6) is 0 Å². The smallest absolute Gasteiger partial charge is 0.243 e. The zero-order valence-electron chi connectivity index (χ0n) is 18.7. The van der Waals surface area contributed by atoms with Crippen LogP contribution in [0.1, 0.15) is 32.1 Å². The first-order valence-corrected chi connectivity index (χ1v) is 12.0. The highest BCUT2D eigenvalue weighted by molar-refractivity contribution is 6.30. The van der Waals surface area contributed by atoms with E-state index in [1.807, 2.05) is 30.3 Å². The highest BCUT2D eigenvalue weighted by atomic mass is 35.5. The van der Waals surface area contributed by atoms with Crippen molar-refractivity contribution in [3.63, 3.8) is 0 Å². The summed E-state index contributed by atoms with van der Waals surface area (Å²) in [7, 11) is 0. The molecule has 2 aromatic rings. The van der Waals surface area contributed by atoms with E-state index in [-0.39, 0.29) is 18.4 Å². The molecule has 1 aliphatic heterocycles. The van der Waals surface area contributed by atoms with Gasteiger partial charge in [-0.3, -0.25) is 4.79 Å². The minimum absolute atomic E-state index is 0.0106. The molecule has 0 unspecified atom stereocenters. The number of aromatic nitrogens is 2. The number of anilines is 3. The Hall–Kier alpha value is -3.05. The van der Waals surface area contributed by atoms with Crippen molar-refractivity contribution in [3.05, 3.63) is 41.6 Å².